The Labute approximate surface area is 187 Å². The summed E-state index contributed by atoms with van der Waals surface area (Å²) >= 11 is 6.12. The van der Waals surface area contributed by atoms with Crippen LogP contribution in [0.4, 0.5) is 5.69 Å². The van der Waals surface area contributed by atoms with Crippen molar-refractivity contribution >= 4 is 33.2 Å². The van der Waals surface area contributed by atoms with Crippen molar-refractivity contribution in [3.63, 3.8) is 0 Å². The molecule has 0 spiro atoms. The van der Waals surface area contributed by atoms with Gasteiger partial charge in [0.1, 0.15) is 22.1 Å². The van der Waals surface area contributed by atoms with Crippen LogP contribution in [0, 0.1) is 5.92 Å². The fourth-order valence-electron chi connectivity index (χ4n) is 3.49. The van der Waals surface area contributed by atoms with Gasteiger partial charge in [-0.15, -0.1) is 0 Å². The summed E-state index contributed by atoms with van der Waals surface area (Å²) in [5.74, 6) is 0.365. The van der Waals surface area contributed by atoms with E-state index in [-0.39, 0.29) is 23.1 Å². The van der Waals surface area contributed by atoms with Crippen molar-refractivity contribution in [2.45, 2.75) is 17.7 Å². The molecule has 0 aromatic heterocycles. The van der Waals surface area contributed by atoms with Crippen LogP contribution in [0.1, 0.15) is 12.8 Å². The highest BCUT2D eigenvalue weighted by Gasteiger charge is 2.35. The van der Waals surface area contributed by atoms with Gasteiger partial charge in [-0.1, -0.05) is 11.6 Å². The van der Waals surface area contributed by atoms with Crippen LogP contribution in [0.15, 0.2) is 41.3 Å². The third kappa shape index (κ3) is 5.06. The minimum Gasteiger partial charge on any atom is -0.497 e. The molecule has 2 aromatic rings. The Kier molecular flexibility index (Phi) is 7.30. The monoisotopic (exact) mass is 468 g/mol. The van der Waals surface area contributed by atoms with E-state index in [0.29, 0.717) is 41.6 Å². The van der Waals surface area contributed by atoms with Gasteiger partial charge in [-0.25, -0.2) is 8.42 Å². The van der Waals surface area contributed by atoms with Gasteiger partial charge in [0.05, 0.1) is 32.3 Å². The van der Waals surface area contributed by atoms with Crippen LogP contribution in [-0.4, -0.2) is 53.0 Å². The average Bonchev–Trinajstić information content (AvgIpc) is 2.78. The van der Waals surface area contributed by atoms with Crippen LogP contribution in [0.3, 0.4) is 0 Å². The second-order valence-electron chi connectivity index (χ2n) is 7.06. The quantitative estimate of drug-likeness (QED) is 0.669. The number of carbonyl (C=O) groups excluding carboxylic acids is 1. The van der Waals surface area contributed by atoms with Gasteiger partial charge in [-0.3, -0.25) is 4.79 Å². The van der Waals surface area contributed by atoms with E-state index in [2.05, 4.69) is 5.32 Å². The number of nitrogens with one attached hydrogen (secondary N) is 1. The summed E-state index contributed by atoms with van der Waals surface area (Å²) in [5.41, 5.74) is 0.519. The van der Waals surface area contributed by atoms with Crippen molar-refractivity contribution in [2.24, 2.45) is 5.92 Å². The number of rotatable bonds is 7. The van der Waals surface area contributed by atoms with Crippen LogP contribution in [-0.2, 0) is 14.8 Å². The number of piperidine rings is 1. The number of benzene rings is 2. The SMILES string of the molecule is COc1ccc(OC)c(S(=O)(=O)N2CCC[C@H](C(=O)Nc3ccc(OC)c(Cl)c3)C2)c1. The Morgan fingerprint density at radius 3 is 2.42 bits per heavy atom. The minimum atomic E-state index is -3.88. The van der Waals surface area contributed by atoms with Gasteiger partial charge in [0.15, 0.2) is 0 Å². The Morgan fingerprint density at radius 1 is 1.06 bits per heavy atom. The Bertz CT molecular complexity index is 1060. The predicted molar refractivity (Wildman–Crippen MR) is 118 cm³/mol. The van der Waals surface area contributed by atoms with Crippen molar-refractivity contribution in [1.29, 1.82) is 0 Å². The highest BCUT2D eigenvalue weighted by atomic mass is 35.5. The largest absolute Gasteiger partial charge is 0.497 e. The van der Waals surface area contributed by atoms with Gasteiger partial charge in [-0.2, -0.15) is 4.31 Å². The predicted octanol–water partition coefficient (Wildman–Crippen LogP) is 3.41. The second-order valence-corrected chi connectivity index (χ2v) is 9.37. The molecule has 1 aliphatic rings. The molecule has 3 rings (SSSR count). The molecule has 0 saturated carbocycles. The molecule has 1 aliphatic heterocycles. The number of methoxy groups -OCH3 is 3. The van der Waals surface area contributed by atoms with Gasteiger partial charge in [-0.05, 0) is 43.2 Å². The number of sulfonamides is 1. The summed E-state index contributed by atoms with van der Waals surface area (Å²) in [6.45, 7) is 0.388. The maximum atomic E-state index is 13.3. The molecule has 8 nitrogen and oxygen atoms in total. The van der Waals surface area contributed by atoms with E-state index in [1.54, 1.807) is 30.3 Å². The van der Waals surface area contributed by atoms with E-state index in [9.17, 15) is 13.2 Å². The zero-order valence-corrected chi connectivity index (χ0v) is 19.1. The van der Waals surface area contributed by atoms with Crippen molar-refractivity contribution in [3.8, 4) is 17.2 Å². The highest BCUT2D eigenvalue weighted by Crippen LogP contribution is 2.33. The fraction of sp³-hybridized carbons (Fsp3) is 0.381. The van der Waals surface area contributed by atoms with Crippen LogP contribution in [0.2, 0.25) is 5.02 Å². The zero-order chi connectivity index (χ0) is 22.6. The van der Waals surface area contributed by atoms with E-state index in [1.807, 2.05) is 0 Å². The van der Waals surface area contributed by atoms with Crippen molar-refractivity contribution in [2.75, 3.05) is 39.7 Å². The fourth-order valence-corrected chi connectivity index (χ4v) is 5.44. The standard InChI is InChI=1S/C21H25ClN2O6S/c1-28-16-7-9-19(30-3)20(12-16)31(26,27)24-10-4-5-14(13-24)21(25)23-15-6-8-18(29-2)17(22)11-15/h6-9,11-12,14H,4-5,10,13H2,1-3H3,(H,23,25)/t14-/m0/s1. The molecular weight excluding hydrogens is 444 g/mol. The van der Waals surface area contributed by atoms with Gasteiger partial charge < -0.3 is 19.5 Å². The summed E-state index contributed by atoms with van der Waals surface area (Å²) in [5, 5.41) is 3.18. The van der Waals surface area contributed by atoms with Crippen molar-refractivity contribution in [3.05, 3.63) is 41.4 Å². The molecule has 1 amide bonds. The maximum Gasteiger partial charge on any atom is 0.246 e. The Hall–Kier alpha value is -2.49. The summed E-state index contributed by atoms with van der Waals surface area (Å²) in [6.07, 6.45) is 1.14. The molecule has 1 heterocycles. The highest BCUT2D eigenvalue weighted by molar-refractivity contribution is 7.89. The second kappa shape index (κ2) is 9.76. The van der Waals surface area contributed by atoms with E-state index in [4.69, 9.17) is 25.8 Å². The van der Waals surface area contributed by atoms with E-state index in [1.165, 1.54) is 31.7 Å². The van der Waals surface area contributed by atoms with Gasteiger partial charge in [0.2, 0.25) is 15.9 Å². The minimum absolute atomic E-state index is 0.0114. The maximum absolute atomic E-state index is 13.3. The number of hydrogen-bond donors (Lipinski definition) is 1. The molecule has 0 aliphatic carbocycles. The third-order valence-electron chi connectivity index (χ3n) is 5.16. The number of carbonyl (C=O) groups is 1. The van der Waals surface area contributed by atoms with Crippen molar-refractivity contribution < 1.29 is 27.4 Å². The molecule has 1 atom stereocenters. The summed E-state index contributed by atoms with van der Waals surface area (Å²) in [6, 6.07) is 9.54. The topological polar surface area (TPSA) is 94.2 Å². The van der Waals surface area contributed by atoms with Crippen LogP contribution < -0.4 is 19.5 Å². The van der Waals surface area contributed by atoms with E-state index in [0.717, 1.165) is 0 Å². The number of halogens is 1. The molecule has 0 bridgehead atoms. The van der Waals surface area contributed by atoms with E-state index < -0.39 is 15.9 Å². The lowest BCUT2D eigenvalue weighted by molar-refractivity contribution is -0.120. The van der Waals surface area contributed by atoms with Gasteiger partial charge >= 0.3 is 0 Å². The molecule has 1 saturated heterocycles. The molecular formula is C21H25ClN2O6S. The number of hydrogen-bond acceptors (Lipinski definition) is 6. The molecule has 10 heteroatoms. The third-order valence-corrected chi connectivity index (χ3v) is 7.34. The van der Waals surface area contributed by atoms with Gasteiger partial charge in [0.25, 0.3) is 0 Å². The number of amides is 1. The molecule has 2 aromatic carbocycles. The van der Waals surface area contributed by atoms with E-state index >= 15 is 0 Å². The van der Waals surface area contributed by atoms with Crippen LogP contribution >= 0.6 is 11.6 Å². The van der Waals surface area contributed by atoms with Gasteiger partial charge in [0, 0.05) is 24.8 Å². The molecule has 31 heavy (non-hydrogen) atoms. The van der Waals surface area contributed by atoms with Crippen LogP contribution in [0.5, 0.6) is 17.2 Å². The lowest BCUT2D eigenvalue weighted by Crippen LogP contribution is -2.43. The molecule has 1 fully saturated rings. The number of ether oxygens (including phenoxy) is 3. The first-order valence-electron chi connectivity index (χ1n) is 9.66. The molecule has 0 unspecified atom stereocenters. The summed E-state index contributed by atoms with van der Waals surface area (Å²) in [4.78, 5) is 12.8. The summed E-state index contributed by atoms with van der Waals surface area (Å²) in [7, 11) is 0.499. The zero-order valence-electron chi connectivity index (χ0n) is 17.6. The summed E-state index contributed by atoms with van der Waals surface area (Å²) < 4.78 is 43.4. The Balaban J connectivity index is 1.78. The normalized spacial score (nSPS) is 17.1. The molecule has 168 valence electrons. The van der Waals surface area contributed by atoms with Crippen molar-refractivity contribution in [1.82, 2.24) is 4.31 Å². The lowest BCUT2D eigenvalue weighted by Gasteiger charge is -2.31. The number of nitrogens with zero attached hydrogens (tertiary/aromatic N) is 1. The molecule has 0 radical (unpaired) electrons. The Morgan fingerprint density at radius 2 is 1.77 bits per heavy atom. The molecule has 1 N–H and O–H groups in total. The smallest absolute Gasteiger partial charge is 0.246 e. The first-order chi connectivity index (χ1) is 14.8. The first kappa shape index (κ1) is 23.2. The first-order valence-corrected chi connectivity index (χ1v) is 11.5. The average molecular weight is 469 g/mol. The lowest BCUT2D eigenvalue weighted by atomic mass is 9.98. The van der Waals surface area contributed by atoms with Crippen LogP contribution in [0.25, 0.3) is 0 Å². The number of anilines is 1.